The summed E-state index contributed by atoms with van der Waals surface area (Å²) in [5, 5.41) is 22.2. The Morgan fingerprint density at radius 2 is 1.84 bits per heavy atom. The Labute approximate surface area is 191 Å². The SMILES string of the molecule is Cc1ccc(-n2c(SCC(=O)NC(C)(C#N)C(C)C)nnc2-c2ccc(Cl)cc2)cc1. The maximum absolute atomic E-state index is 12.5. The Balaban J connectivity index is 1.90. The van der Waals surface area contributed by atoms with Crippen LogP contribution in [0.25, 0.3) is 17.1 Å². The molecule has 0 aliphatic carbocycles. The van der Waals surface area contributed by atoms with Crippen LogP contribution in [0.4, 0.5) is 0 Å². The Hall–Kier alpha value is -2.82. The van der Waals surface area contributed by atoms with Gasteiger partial charge in [-0.15, -0.1) is 10.2 Å². The number of nitrogens with one attached hydrogen (secondary N) is 1. The average molecular weight is 454 g/mol. The second kappa shape index (κ2) is 9.54. The highest BCUT2D eigenvalue weighted by molar-refractivity contribution is 7.99. The molecule has 6 nitrogen and oxygen atoms in total. The molecule has 1 atom stereocenters. The molecule has 31 heavy (non-hydrogen) atoms. The van der Waals surface area contributed by atoms with Gasteiger partial charge in [0.15, 0.2) is 11.0 Å². The monoisotopic (exact) mass is 453 g/mol. The number of nitriles is 1. The maximum Gasteiger partial charge on any atom is 0.231 e. The summed E-state index contributed by atoms with van der Waals surface area (Å²) >= 11 is 7.31. The highest BCUT2D eigenvalue weighted by Gasteiger charge is 2.30. The van der Waals surface area contributed by atoms with E-state index in [0.717, 1.165) is 16.8 Å². The fourth-order valence-corrected chi connectivity index (χ4v) is 3.71. The minimum absolute atomic E-state index is 0.0147. The number of halogens is 1. The molecule has 0 saturated carbocycles. The summed E-state index contributed by atoms with van der Waals surface area (Å²) in [6.07, 6.45) is 0. The number of carbonyl (C=O) groups is 1. The first-order valence-corrected chi connectivity index (χ1v) is 11.2. The number of nitrogens with zero attached hydrogens (tertiary/aromatic N) is 4. The van der Waals surface area contributed by atoms with E-state index in [-0.39, 0.29) is 17.6 Å². The zero-order chi connectivity index (χ0) is 22.6. The van der Waals surface area contributed by atoms with Crippen molar-refractivity contribution in [2.24, 2.45) is 5.92 Å². The first kappa shape index (κ1) is 22.9. The topological polar surface area (TPSA) is 83.6 Å². The average Bonchev–Trinajstić information content (AvgIpc) is 3.17. The van der Waals surface area contributed by atoms with Crippen molar-refractivity contribution in [3.8, 4) is 23.1 Å². The third kappa shape index (κ3) is 5.27. The molecule has 3 rings (SSSR count). The molecule has 0 radical (unpaired) electrons. The Morgan fingerprint density at radius 3 is 2.42 bits per heavy atom. The summed E-state index contributed by atoms with van der Waals surface area (Å²) < 4.78 is 1.92. The first-order chi connectivity index (χ1) is 14.7. The predicted octanol–water partition coefficient (Wildman–Crippen LogP) is 5.04. The second-order valence-electron chi connectivity index (χ2n) is 7.79. The normalized spacial score (nSPS) is 12.9. The zero-order valence-corrected chi connectivity index (χ0v) is 19.5. The van der Waals surface area contributed by atoms with Crippen molar-refractivity contribution < 1.29 is 4.79 Å². The van der Waals surface area contributed by atoms with E-state index >= 15 is 0 Å². The molecule has 8 heteroatoms. The molecule has 2 aromatic carbocycles. The van der Waals surface area contributed by atoms with Gasteiger partial charge in [0, 0.05) is 16.3 Å². The van der Waals surface area contributed by atoms with Crippen molar-refractivity contribution in [1.29, 1.82) is 5.26 Å². The minimum Gasteiger partial charge on any atom is -0.337 e. The molecule has 3 aromatic rings. The van der Waals surface area contributed by atoms with Crippen LogP contribution in [0.1, 0.15) is 26.3 Å². The van der Waals surface area contributed by atoms with E-state index in [2.05, 4.69) is 21.6 Å². The van der Waals surface area contributed by atoms with Gasteiger partial charge >= 0.3 is 0 Å². The molecule has 0 spiro atoms. The van der Waals surface area contributed by atoms with E-state index < -0.39 is 5.54 Å². The van der Waals surface area contributed by atoms with Gasteiger partial charge in [-0.2, -0.15) is 5.26 Å². The molecule has 0 saturated heterocycles. The smallest absolute Gasteiger partial charge is 0.231 e. The van der Waals surface area contributed by atoms with E-state index in [9.17, 15) is 10.1 Å². The molecule has 0 fully saturated rings. The highest BCUT2D eigenvalue weighted by atomic mass is 35.5. The van der Waals surface area contributed by atoms with Crippen molar-refractivity contribution >= 4 is 29.3 Å². The van der Waals surface area contributed by atoms with Crippen LogP contribution in [0.15, 0.2) is 53.7 Å². The number of thioether (sulfide) groups is 1. The Morgan fingerprint density at radius 1 is 1.19 bits per heavy atom. The number of aromatic nitrogens is 3. The minimum atomic E-state index is -0.920. The molecule has 0 aliphatic rings. The van der Waals surface area contributed by atoms with E-state index in [1.165, 1.54) is 11.8 Å². The van der Waals surface area contributed by atoms with Gasteiger partial charge in [-0.1, -0.05) is 54.9 Å². The third-order valence-corrected chi connectivity index (χ3v) is 6.33. The Bertz CT molecular complexity index is 1100. The number of benzene rings is 2. The number of aryl methyl sites for hydroxylation is 1. The third-order valence-electron chi connectivity index (χ3n) is 5.15. The molecule has 1 amide bonds. The van der Waals surface area contributed by atoms with Gasteiger partial charge < -0.3 is 5.32 Å². The molecule has 0 bridgehead atoms. The van der Waals surface area contributed by atoms with Crippen LogP contribution in [0, 0.1) is 24.2 Å². The summed E-state index contributed by atoms with van der Waals surface area (Å²) in [5.74, 6) is 0.537. The van der Waals surface area contributed by atoms with Crippen molar-refractivity contribution in [2.75, 3.05) is 5.75 Å². The molecule has 1 aromatic heterocycles. The maximum atomic E-state index is 12.5. The van der Waals surface area contributed by atoms with Crippen LogP contribution in [0.3, 0.4) is 0 Å². The van der Waals surface area contributed by atoms with E-state index in [4.69, 9.17) is 11.6 Å². The molecule has 160 valence electrons. The lowest BCUT2D eigenvalue weighted by Crippen LogP contribution is -2.49. The number of carbonyl (C=O) groups excluding carboxylic acids is 1. The van der Waals surface area contributed by atoms with Crippen LogP contribution in [-0.2, 0) is 4.79 Å². The second-order valence-corrected chi connectivity index (χ2v) is 9.17. The number of rotatable bonds is 7. The van der Waals surface area contributed by atoms with Gasteiger partial charge in [-0.25, -0.2) is 0 Å². The molecule has 1 unspecified atom stereocenters. The van der Waals surface area contributed by atoms with Crippen LogP contribution in [-0.4, -0.2) is 32.0 Å². The van der Waals surface area contributed by atoms with Gasteiger partial charge in [0.25, 0.3) is 0 Å². The molecular formula is C23H24ClN5OS. The van der Waals surface area contributed by atoms with Gasteiger partial charge in [-0.05, 0) is 56.2 Å². The fourth-order valence-electron chi connectivity index (χ4n) is 2.83. The quantitative estimate of drug-likeness (QED) is 0.506. The zero-order valence-electron chi connectivity index (χ0n) is 17.9. The van der Waals surface area contributed by atoms with Crippen molar-refractivity contribution in [3.05, 3.63) is 59.1 Å². The molecule has 0 aliphatic heterocycles. The summed E-state index contributed by atoms with van der Waals surface area (Å²) in [4.78, 5) is 12.5. The summed E-state index contributed by atoms with van der Waals surface area (Å²) in [6.45, 7) is 7.57. The number of hydrogen-bond acceptors (Lipinski definition) is 5. The summed E-state index contributed by atoms with van der Waals surface area (Å²) in [5.41, 5.74) is 1.98. The van der Waals surface area contributed by atoms with Crippen LogP contribution in [0.2, 0.25) is 5.02 Å². The van der Waals surface area contributed by atoms with Crippen molar-refractivity contribution in [3.63, 3.8) is 0 Å². The van der Waals surface area contributed by atoms with Crippen LogP contribution in [0.5, 0.6) is 0 Å². The molecule has 1 heterocycles. The van der Waals surface area contributed by atoms with Crippen LogP contribution < -0.4 is 5.32 Å². The number of amides is 1. The summed E-state index contributed by atoms with van der Waals surface area (Å²) in [7, 11) is 0. The fraction of sp³-hybridized carbons (Fsp3) is 0.304. The van der Waals surface area contributed by atoms with Crippen molar-refractivity contribution in [1.82, 2.24) is 20.1 Å². The molecule has 1 N–H and O–H groups in total. The largest absolute Gasteiger partial charge is 0.337 e. The Kier molecular flexibility index (Phi) is 7.04. The lowest BCUT2D eigenvalue weighted by Gasteiger charge is -2.27. The lowest BCUT2D eigenvalue weighted by molar-refractivity contribution is -0.120. The molecular weight excluding hydrogens is 430 g/mol. The first-order valence-electron chi connectivity index (χ1n) is 9.87. The number of hydrogen-bond donors (Lipinski definition) is 1. The summed E-state index contributed by atoms with van der Waals surface area (Å²) in [6, 6.07) is 17.6. The van der Waals surface area contributed by atoms with E-state index in [0.29, 0.717) is 16.0 Å². The van der Waals surface area contributed by atoms with Gasteiger partial charge in [0.1, 0.15) is 5.54 Å². The van der Waals surface area contributed by atoms with Gasteiger partial charge in [0.2, 0.25) is 5.91 Å². The van der Waals surface area contributed by atoms with Crippen LogP contribution >= 0.6 is 23.4 Å². The lowest BCUT2D eigenvalue weighted by atomic mass is 9.90. The van der Waals surface area contributed by atoms with Crippen molar-refractivity contribution in [2.45, 2.75) is 38.4 Å². The predicted molar refractivity (Wildman–Crippen MR) is 124 cm³/mol. The van der Waals surface area contributed by atoms with E-state index in [1.54, 1.807) is 19.1 Å². The van der Waals surface area contributed by atoms with E-state index in [1.807, 2.05) is 61.7 Å². The standard InChI is InChI=1S/C23H24ClN5OS/c1-15(2)23(4,14-25)26-20(30)13-31-22-28-27-21(17-7-9-18(24)10-8-17)29(22)19-11-5-16(3)6-12-19/h5-12,15H,13H2,1-4H3,(H,26,30). The highest BCUT2D eigenvalue weighted by Crippen LogP contribution is 2.29. The van der Waals surface area contributed by atoms with Gasteiger partial charge in [0.05, 0.1) is 11.8 Å². The van der Waals surface area contributed by atoms with Gasteiger partial charge in [-0.3, -0.25) is 9.36 Å².